The van der Waals surface area contributed by atoms with Crippen LogP contribution >= 0.6 is 0 Å². The lowest BCUT2D eigenvalue weighted by atomic mass is 9.91. The Labute approximate surface area is 88.7 Å². The van der Waals surface area contributed by atoms with E-state index in [-0.39, 0.29) is 0 Å². The third-order valence-corrected chi connectivity index (χ3v) is 2.53. The van der Waals surface area contributed by atoms with Gasteiger partial charge in [0.05, 0.1) is 0 Å². The molecule has 0 radical (unpaired) electrons. The van der Waals surface area contributed by atoms with Gasteiger partial charge in [0.25, 0.3) is 0 Å². The number of benzene rings is 1. The zero-order chi connectivity index (χ0) is 11.4. The van der Waals surface area contributed by atoms with E-state index in [1.165, 1.54) is 0 Å². The lowest BCUT2D eigenvalue weighted by molar-refractivity contribution is -0.143. The van der Waals surface area contributed by atoms with Crippen LogP contribution < -0.4 is 0 Å². The summed E-state index contributed by atoms with van der Waals surface area (Å²) in [5.41, 5.74) is 1.83. The number of aryl methyl sites for hydroxylation is 1. The number of halogens is 1. The van der Waals surface area contributed by atoms with E-state index < -0.39 is 18.1 Å². The van der Waals surface area contributed by atoms with Gasteiger partial charge in [-0.2, -0.15) is 0 Å². The minimum atomic E-state index is -1.82. The second-order valence-corrected chi connectivity index (χ2v) is 3.67. The largest absolute Gasteiger partial charge is 0.479 e. The Morgan fingerprint density at radius 2 is 1.93 bits per heavy atom. The quantitative estimate of drug-likeness (QED) is 0.829. The van der Waals surface area contributed by atoms with Crippen LogP contribution in [0.3, 0.4) is 0 Å². The number of rotatable bonds is 4. The summed E-state index contributed by atoms with van der Waals surface area (Å²) in [4.78, 5) is 10.6. The monoisotopic (exact) mass is 210 g/mol. The molecule has 0 spiro atoms. The van der Waals surface area contributed by atoms with E-state index in [1.54, 1.807) is 19.1 Å². The van der Waals surface area contributed by atoms with Gasteiger partial charge in [0.2, 0.25) is 6.17 Å². The van der Waals surface area contributed by atoms with Crippen molar-refractivity contribution in [1.29, 1.82) is 0 Å². The molecule has 0 aliphatic carbocycles. The smallest absolute Gasteiger partial charge is 0.338 e. The highest BCUT2D eigenvalue weighted by Gasteiger charge is 2.27. The molecule has 0 aromatic heterocycles. The topological polar surface area (TPSA) is 37.3 Å². The van der Waals surface area contributed by atoms with Crippen LogP contribution in [-0.4, -0.2) is 17.2 Å². The first kappa shape index (κ1) is 11.7. The standard InChI is InChI=1S/C12H15FO2/c1-3-10(11(13)12(14)15)9-6-4-8(2)5-7-9/h4-7,10-11H,3H2,1-2H3,(H,14,15). The fraction of sp³-hybridized carbons (Fsp3) is 0.417. The van der Waals surface area contributed by atoms with Gasteiger partial charge < -0.3 is 5.11 Å². The molecule has 3 heteroatoms. The van der Waals surface area contributed by atoms with E-state index in [4.69, 9.17) is 5.11 Å². The molecule has 0 saturated carbocycles. The first-order valence-corrected chi connectivity index (χ1v) is 4.99. The molecule has 1 rings (SSSR count). The van der Waals surface area contributed by atoms with E-state index in [9.17, 15) is 9.18 Å². The predicted molar refractivity (Wildman–Crippen MR) is 56.7 cm³/mol. The molecule has 2 unspecified atom stereocenters. The van der Waals surface area contributed by atoms with E-state index in [1.807, 2.05) is 19.1 Å². The molecule has 0 heterocycles. The zero-order valence-electron chi connectivity index (χ0n) is 8.90. The Kier molecular flexibility index (Phi) is 3.83. The number of aliphatic carboxylic acids is 1. The van der Waals surface area contributed by atoms with Crippen LogP contribution in [0, 0.1) is 6.92 Å². The molecule has 15 heavy (non-hydrogen) atoms. The molecule has 1 aromatic rings. The van der Waals surface area contributed by atoms with Crippen molar-refractivity contribution in [3.63, 3.8) is 0 Å². The molecule has 0 amide bonds. The Balaban J connectivity index is 2.92. The molecule has 0 fully saturated rings. The zero-order valence-corrected chi connectivity index (χ0v) is 8.90. The number of alkyl halides is 1. The lowest BCUT2D eigenvalue weighted by Gasteiger charge is -2.16. The summed E-state index contributed by atoms with van der Waals surface area (Å²) >= 11 is 0. The Hall–Kier alpha value is -1.38. The van der Waals surface area contributed by atoms with E-state index in [0.717, 1.165) is 11.1 Å². The third-order valence-electron chi connectivity index (χ3n) is 2.53. The van der Waals surface area contributed by atoms with Gasteiger partial charge in [-0.25, -0.2) is 9.18 Å². The highest BCUT2D eigenvalue weighted by atomic mass is 19.1. The maximum absolute atomic E-state index is 13.4. The van der Waals surface area contributed by atoms with Crippen LogP contribution in [0.25, 0.3) is 0 Å². The molecule has 0 bridgehead atoms. The summed E-state index contributed by atoms with van der Waals surface area (Å²) in [6, 6.07) is 7.32. The summed E-state index contributed by atoms with van der Waals surface area (Å²) in [6.07, 6.45) is -1.34. The molecule has 1 aromatic carbocycles. The molecule has 2 atom stereocenters. The van der Waals surface area contributed by atoms with E-state index >= 15 is 0 Å². The second-order valence-electron chi connectivity index (χ2n) is 3.67. The van der Waals surface area contributed by atoms with Crippen LogP contribution in [0.4, 0.5) is 4.39 Å². The number of carboxylic acids is 1. The predicted octanol–water partition coefficient (Wildman–Crippen LogP) is 2.91. The van der Waals surface area contributed by atoms with Crippen molar-refractivity contribution in [2.24, 2.45) is 0 Å². The summed E-state index contributed by atoms with van der Waals surface area (Å²) in [6.45, 7) is 3.73. The normalized spacial score (nSPS) is 14.6. The SMILES string of the molecule is CCC(c1ccc(C)cc1)C(F)C(=O)O. The van der Waals surface area contributed by atoms with Gasteiger partial charge in [-0.15, -0.1) is 0 Å². The van der Waals surface area contributed by atoms with Crippen LogP contribution in [0.1, 0.15) is 30.4 Å². The van der Waals surface area contributed by atoms with Gasteiger partial charge in [0.15, 0.2) is 0 Å². The van der Waals surface area contributed by atoms with Gasteiger partial charge in [-0.3, -0.25) is 0 Å². The van der Waals surface area contributed by atoms with Gasteiger partial charge in [0.1, 0.15) is 0 Å². The maximum atomic E-state index is 13.4. The van der Waals surface area contributed by atoms with Crippen molar-refractivity contribution < 1.29 is 14.3 Å². The molecule has 2 nitrogen and oxygen atoms in total. The van der Waals surface area contributed by atoms with Crippen molar-refractivity contribution in [2.45, 2.75) is 32.4 Å². The maximum Gasteiger partial charge on any atom is 0.338 e. The van der Waals surface area contributed by atoms with Crippen molar-refractivity contribution in [2.75, 3.05) is 0 Å². The van der Waals surface area contributed by atoms with Crippen LogP contribution in [0.5, 0.6) is 0 Å². The molecular formula is C12H15FO2. The summed E-state index contributed by atoms with van der Waals surface area (Å²) in [7, 11) is 0. The number of hydrogen-bond acceptors (Lipinski definition) is 1. The second kappa shape index (κ2) is 4.91. The van der Waals surface area contributed by atoms with E-state index in [0.29, 0.717) is 6.42 Å². The van der Waals surface area contributed by atoms with Crippen molar-refractivity contribution in [3.8, 4) is 0 Å². The first-order valence-electron chi connectivity index (χ1n) is 4.99. The van der Waals surface area contributed by atoms with Crippen molar-refractivity contribution in [3.05, 3.63) is 35.4 Å². The minimum Gasteiger partial charge on any atom is -0.479 e. The summed E-state index contributed by atoms with van der Waals surface area (Å²) < 4.78 is 13.4. The lowest BCUT2D eigenvalue weighted by Crippen LogP contribution is -2.23. The molecule has 0 saturated heterocycles. The summed E-state index contributed by atoms with van der Waals surface area (Å²) in [5, 5.41) is 8.62. The van der Waals surface area contributed by atoms with E-state index in [2.05, 4.69) is 0 Å². The highest BCUT2D eigenvalue weighted by molar-refractivity contribution is 5.73. The molecule has 82 valence electrons. The minimum absolute atomic E-state index is 0.483. The van der Waals surface area contributed by atoms with Crippen LogP contribution in [0.15, 0.2) is 24.3 Å². The Morgan fingerprint density at radius 3 is 2.33 bits per heavy atom. The summed E-state index contributed by atoms with van der Waals surface area (Å²) in [5.74, 6) is -1.94. The van der Waals surface area contributed by atoms with Gasteiger partial charge >= 0.3 is 5.97 Å². The van der Waals surface area contributed by atoms with Crippen molar-refractivity contribution in [1.82, 2.24) is 0 Å². The van der Waals surface area contributed by atoms with Gasteiger partial charge in [0, 0.05) is 5.92 Å². The third kappa shape index (κ3) is 2.78. The Bertz CT molecular complexity index is 332. The molecule has 0 aliphatic rings. The number of carboxylic acid groups (broad SMARTS) is 1. The average molecular weight is 210 g/mol. The van der Waals surface area contributed by atoms with Gasteiger partial charge in [-0.05, 0) is 18.9 Å². The average Bonchev–Trinajstić information content (AvgIpc) is 2.21. The first-order chi connectivity index (χ1) is 7.06. The Morgan fingerprint density at radius 1 is 1.40 bits per heavy atom. The molecular weight excluding hydrogens is 195 g/mol. The van der Waals surface area contributed by atoms with Crippen molar-refractivity contribution >= 4 is 5.97 Å². The highest BCUT2D eigenvalue weighted by Crippen LogP contribution is 2.26. The molecule has 1 N–H and O–H groups in total. The van der Waals surface area contributed by atoms with Crippen LogP contribution in [0.2, 0.25) is 0 Å². The van der Waals surface area contributed by atoms with Gasteiger partial charge in [-0.1, -0.05) is 36.8 Å². The number of hydrogen-bond donors (Lipinski definition) is 1. The van der Waals surface area contributed by atoms with Crippen LogP contribution in [-0.2, 0) is 4.79 Å². The molecule has 0 aliphatic heterocycles. The number of carbonyl (C=O) groups is 1. The fourth-order valence-electron chi connectivity index (χ4n) is 1.60. The fourth-order valence-corrected chi connectivity index (χ4v) is 1.60.